The molecule has 3 N–H and O–H groups in total. The summed E-state index contributed by atoms with van der Waals surface area (Å²) in [5.41, 5.74) is 0.0737. The van der Waals surface area contributed by atoms with Crippen LogP contribution in [0.4, 0.5) is 0 Å². The number of carboxylic acids is 2. The Labute approximate surface area is 86.4 Å². The van der Waals surface area contributed by atoms with Crippen molar-refractivity contribution in [2.75, 3.05) is 0 Å². The Morgan fingerprint density at radius 3 is 2.13 bits per heavy atom. The lowest BCUT2D eigenvalue weighted by atomic mass is 9.87. The molecule has 1 heterocycles. The molecule has 0 atom stereocenters. The van der Waals surface area contributed by atoms with E-state index in [4.69, 9.17) is 10.2 Å². The summed E-state index contributed by atoms with van der Waals surface area (Å²) in [5.74, 6) is -2.89. The minimum Gasteiger partial charge on any atom is -0.478 e. The number of nitrogens with one attached hydrogen (secondary N) is 1. The number of rotatable bonds is 4. The summed E-state index contributed by atoms with van der Waals surface area (Å²) in [7, 11) is 0. The lowest BCUT2D eigenvalue weighted by molar-refractivity contribution is -0.133. The molecule has 5 heteroatoms. The van der Waals surface area contributed by atoms with Gasteiger partial charge in [0.1, 0.15) is 0 Å². The summed E-state index contributed by atoms with van der Waals surface area (Å²) >= 11 is 0. The first-order chi connectivity index (χ1) is 7.07. The lowest BCUT2D eigenvalue weighted by Crippen LogP contribution is -2.25. The topological polar surface area (TPSA) is 86.6 Å². The van der Waals surface area contributed by atoms with E-state index in [1.54, 1.807) is 0 Å². The average Bonchev–Trinajstić information content (AvgIpc) is 2.17. The third-order valence-electron chi connectivity index (χ3n) is 2.12. The summed E-state index contributed by atoms with van der Waals surface area (Å²) in [5, 5.41) is 20.3. The van der Waals surface area contributed by atoms with Crippen molar-refractivity contribution in [1.29, 1.82) is 0 Å². The first-order valence-electron chi connectivity index (χ1n) is 4.31. The normalized spacial score (nSPS) is 16.0. The Morgan fingerprint density at radius 1 is 1.33 bits per heavy atom. The van der Waals surface area contributed by atoms with E-state index < -0.39 is 17.9 Å². The Balaban J connectivity index is 3.02. The molecule has 5 nitrogen and oxygen atoms in total. The first kappa shape index (κ1) is 11.0. The first-order valence-corrected chi connectivity index (χ1v) is 4.31. The molecule has 1 rings (SSSR count). The van der Waals surface area contributed by atoms with Gasteiger partial charge in [0, 0.05) is 18.3 Å². The number of aliphatic carboxylic acids is 2. The molecular formula is C10H11NO4. The zero-order chi connectivity index (χ0) is 11.4. The van der Waals surface area contributed by atoms with Gasteiger partial charge in [-0.25, -0.2) is 9.59 Å². The molecule has 0 radical (unpaired) electrons. The molecule has 0 unspecified atom stereocenters. The predicted molar refractivity (Wildman–Crippen MR) is 52.9 cm³/mol. The molecule has 0 amide bonds. The van der Waals surface area contributed by atoms with Crippen LogP contribution in [0.1, 0.15) is 6.42 Å². The molecule has 15 heavy (non-hydrogen) atoms. The van der Waals surface area contributed by atoms with E-state index in [1.807, 2.05) is 0 Å². The fourth-order valence-corrected chi connectivity index (χ4v) is 1.43. The van der Waals surface area contributed by atoms with Crippen molar-refractivity contribution in [2.24, 2.45) is 5.92 Å². The van der Waals surface area contributed by atoms with Crippen molar-refractivity contribution in [2.45, 2.75) is 6.42 Å². The van der Waals surface area contributed by atoms with Crippen LogP contribution in [-0.4, -0.2) is 22.2 Å². The van der Waals surface area contributed by atoms with Crippen molar-refractivity contribution in [1.82, 2.24) is 5.32 Å². The van der Waals surface area contributed by atoms with Crippen LogP contribution < -0.4 is 5.32 Å². The quantitative estimate of drug-likeness (QED) is 0.594. The zero-order valence-corrected chi connectivity index (χ0v) is 7.93. The number of hydrogen-bond acceptors (Lipinski definition) is 3. The van der Waals surface area contributed by atoms with Gasteiger partial charge in [-0.2, -0.15) is 0 Å². The van der Waals surface area contributed by atoms with Crippen LogP contribution >= 0.6 is 0 Å². The molecule has 0 saturated carbocycles. The van der Waals surface area contributed by atoms with E-state index >= 15 is 0 Å². The second-order valence-electron chi connectivity index (χ2n) is 3.05. The molecule has 0 aromatic carbocycles. The number of hydrogen-bond donors (Lipinski definition) is 3. The van der Waals surface area contributed by atoms with Crippen LogP contribution in [0.3, 0.4) is 0 Å². The van der Waals surface area contributed by atoms with Crippen LogP contribution in [0.25, 0.3) is 0 Å². The van der Waals surface area contributed by atoms with Gasteiger partial charge in [0.05, 0.1) is 11.1 Å². The van der Waals surface area contributed by atoms with E-state index in [2.05, 4.69) is 11.9 Å². The summed E-state index contributed by atoms with van der Waals surface area (Å²) in [4.78, 5) is 21.7. The highest BCUT2D eigenvalue weighted by Crippen LogP contribution is 2.26. The number of allylic oxidation sites excluding steroid dienone is 1. The fraction of sp³-hybridized carbons (Fsp3) is 0.200. The maximum absolute atomic E-state index is 10.8. The van der Waals surface area contributed by atoms with Gasteiger partial charge in [0.25, 0.3) is 0 Å². The minimum absolute atomic E-state index is 0.0369. The Kier molecular flexibility index (Phi) is 3.28. The van der Waals surface area contributed by atoms with Crippen molar-refractivity contribution in [3.05, 3.63) is 36.2 Å². The standard InChI is InChI=1S/C10H11NO4/c1-2-3-6-7(9(12)13)4-11-5-8(6)10(14)15/h2,4-6,11H,1,3H2,(H,12,13)(H,14,15). The molecule has 0 bridgehead atoms. The molecule has 0 aromatic rings. The third-order valence-corrected chi connectivity index (χ3v) is 2.12. The second kappa shape index (κ2) is 4.45. The molecule has 1 aliphatic heterocycles. The Morgan fingerprint density at radius 2 is 1.80 bits per heavy atom. The lowest BCUT2D eigenvalue weighted by Gasteiger charge is -2.20. The van der Waals surface area contributed by atoms with E-state index in [0.717, 1.165) is 0 Å². The summed E-state index contributed by atoms with van der Waals surface area (Å²) in [6.45, 7) is 3.48. The molecule has 1 aliphatic rings. The average molecular weight is 209 g/mol. The Bertz CT molecular complexity index is 338. The van der Waals surface area contributed by atoms with Gasteiger partial charge in [-0.1, -0.05) is 6.08 Å². The predicted octanol–water partition coefficient (Wildman–Crippen LogP) is 0.719. The molecule has 80 valence electrons. The highest BCUT2D eigenvalue weighted by Gasteiger charge is 2.29. The number of carbonyl (C=O) groups is 2. The fourth-order valence-electron chi connectivity index (χ4n) is 1.43. The van der Waals surface area contributed by atoms with Crippen molar-refractivity contribution >= 4 is 11.9 Å². The van der Waals surface area contributed by atoms with E-state index in [9.17, 15) is 9.59 Å². The summed E-state index contributed by atoms with van der Waals surface area (Å²) in [6, 6.07) is 0. The molecule has 0 saturated heterocycles. The van der Waals surface area contributed by atoms with Crippen LogP contribution in [0.15, 0.2) is 36.2 Å². The van der Waals surface area contributed by atoms with Crippen molar-refractivity contribution < 1.29 is 19.8 Å². The van der Waals surface area contributed by atoms with Crippen molar-refractivity contribution in [3.8, 4) is 0 Å². The van der Waals surface area contributed by atoms with Crippen LogP contribution in [-0.2, 0) is 9.59 Å². The van der Waals surface area contributed by atoms with Crippen LogP contribution in [0, 0.1) is 5.92 Å². The smallest absolute Gasteiger partial charge is 0.333 e. The summed E-state index contributed by atoms with van der Waals surface area (Å²) in [6.07, 6.45) is 4.38. The highest BCUT2D eigenvalue weighted by atomic mass is 16.4. The third kappa shape index (κ3) is 2.25. The summed E-state index contributed by atoms with van der Waals surface area (Å²) < 4.78 is 0. The minimum atomic E-state index is -1.12. The maximum Gasteiger partial charge on any atom is 0.333 e. The van der Waals surface area contributed by atoms with Gasteiger partial charge in [-0.3, -0.25) is 0 Å². The molecule has 0 spiro atoms. The maximum atomic E-state index is 10.8. The molecule has 0 aliphatic carbocycles. The SMILES string of the molecule is C=CCC1C(C(=O)O)=CNC=C1C(=O)O. The molecule has 0 fully saturated rings. The van der Waals surface area contributed by atoms with Gasteiger partial charge in [-0.05, 0) is 6.42 Å². The second-order valence-corrected chi connectivity index (χ2v) is 3.05. The van der Waals surface area contributed by atoms with Gasteiger partial charge < -0.3 is 15.5 Å². The Hall–Kier alpha value is -2.04. The van der Waals surface area contributed by atoms with Gasteiger partial charge >= 0.3 is 11.9 Å². The van der Waals surface area contributed by atoms with Crippen LogP contribution in [0.2, 0.25) is 0 Å². The van der Waals surface area contributed by atoms with Gasteiger partial charge in [0.2, 0.25) is 0 Å². The highest BCUT2D eigenvalue weighted by molar-refractivity contribution is 5.94. The van der Waals surface area contributed by atoms with E-state index in [-0.39, 0.29) is 17.6 Å². The number of carboxylic acid groups (broad SMARTS) is 2. The largest absolute Gasteiger partial charge is 0.478 e. The number of dihydropyridines is 1. The van der Waals surface area contributed by atoms with E-state index in [1.165, 1.54) is 18.5 Å². The monoisotopic (exact) mass is 209 g/mol. The molecular weight excluding hydrogens is 198 g/mol. The van der Waals surface area contributed by atoms with Gasteiger partial charge in [0.15, 0.2) is 0 Å². The van der Waals surface area contributed by atoms with Gasteiger partial charge in [-0.15, -0.1) is 6.58 Å². The molecule has 0 aromatic heterocycles. The zero-order valence-electron chi connectivity index (χ0n) is 7.93. The van der Waals surface area contributed by atoms with Crippen LogP contribution in [0.5, 0.6) is 0 Å². The van der Waals surface area contributed by atoms with E-state index in [0.29, 0.717) is 0 Å². The van der Waals surface area contributed by atoms with Crippen molar-refractivity contribution in [3.63, 3.8) is 0 Å².